The molecule has 1 heterocycles. The first-order valence-electron chi connectivity index (χ1n) is 2.74. The molecule has 0 aromatic carbocycles. The van der Waals surface area contributed by atoms with E-state index in [4.69, 9.17) is 0 Å². The van der Waals surface area contributed by atoms with Crippen LogP contribution in [0.3, 0.4) is 0 Å². The van der Waals surface area contributed by atoms with Gasteiger partial charge in [-0.15, -0.1) is 0 Å². The number of hydrogen-bond donors (Lipinski definition) is 0. The molecule has 0 N–H and O–H groups in total. The molecular weight excluding hydrogens is 282 g/mol. The molecule has 6 heteroatoms. The summed E-state index contributed by atoms with van der Waals surface area (Å²) in [5, 5.41) is 0. The van der Waals surface area contributed by atoms with Crippen molar-refractivity contribution in [2.45, 2.75) is 22.4 Å². The highest BCUT2D eigenvalue weighted by atomic mass is 127. The summed E-state index contributed by atoms with van der Waals surface area (Å²) < 4.78 is 58.1. The van der Waals surface area contributed by atoms with Crippen LogP contribution in [0.5, 0.6) is 0 Å². The van der Waals surface area contributed by atoms with E-state index in [0.717, 1.165) is 4.01 Å². The van der Waals surface area contributed by atoms with Crippen molar-refractivity contribution in [1.82, 2.24) is 0 Å². The summed E-state index contributed by atoms with van der Waals surface area (Å²) in [6, 6.07) is 0. The summed E-state index contributed by atoms with van der Waals surface area (Å²) >= 11 is -2.00. The number of hydrogen-bond acceptors (Lipinski definition) is 0. The van der Waals surface area contributed by atoms with Gasteiger partial charge in [0.2, 0.25) is 0 Å². The Balaban J connectivity index is 2.97. The van der Waals surface area contributed by atoms with Crippen molar-refractivity contribution >= 4 is 24.7 Å². The van der Waals surface area contributed by atoms with Gasteiger partial charge in [-0.3, -0.25) is 0 Å². The summed E-state index contributed by atoms with van der Waals surface area (Å²) in [5.41, 5.74) is 0. The van der Waals surface area contributed by atoms with Gasteiger partial charge in [0.1, 0.15) is 0 Å². The van der Waals surface area contributed by atoms with Crippen LogP contribution >= 0.6 is 20.7 Å². The van der Waals surface area contributed by atoms with Crippen molar-refractivity contribution < 1.29 is 22.0 Å². The maximum absolute atomic E-state index is 12.3. The van der Waals surface area contributed by atoms with Gasteiger partial charge in [-0.25, -0.2) is 4.39 Å². The van der Waals surface area contributed by atoms with E-state index in [-0.39, 0.29) is 0 Å². The summed E-state index contributed by atoms with van der Waals surface area (Å²) in [6.07, 6.45) is -3.26. The van der Waals surface area contributed by atoms with Gasteiger partial charge in [0.05, 0.1) is 0 Å². The Morgan fingerprint density at radius 1 is 1.27 bits per heavy atom. The number of alkyl halides is 6. The van der Waals surface area contributed by atoms with Gasteiger partial charge in [0.15, 0.2) is 6.17 Å². The molecule has 0 aliphatic carbocycles. The fourth-order valence-corrected chi connectivity index (χ4v) is 2.62. The molecule has 0 saturated carbocycles. The summed E-state index contributed by atoms with van der Waals surface area (Å²) in [5.74, 6) is -4.45. The highest BCUT2D eigenvalue weighted by Gasteiger charge is 2.62. The Hall–Kier alpha value is 0.250. The lowest BCUT2D eigenvalue weighted by molar-refractivity contribution is -0.179. The van der Waals surface area contributed by atoms with Crippen molar-refractivity contribution in [3.8, 4) is 0 Å². The van der Waals surface area contributed by atoms with Gasteiger partial charge in [0, 0.05) is 6.42 Å². The van der Waals surface area contributed by atoms with Crippen molar-refractivity contribution in [1.29, 1.82) is 0 Å². The Kier molecular flexibility index (Phi) is 2.24. The maximum Gasteiger partial charge on any atom is 0.356 e. The maximum atomic E-state index is 12.3. The van der Waals surface area contributed by atoms with Gasteiger partial charge >= 0.3 is 9.85 Å². The second kappa shape index (κ2) is 2.63. The monoisotopic (exact) mass is 286 g/mol. The van der Waals surface area contributed by atoms with Crippen molar-refractivity contribution in [2.24, 2.45) is 0 Å². The molecule has 66 valence electrons. The number of halogens is 6. The third kappa shape index (κ3) is 1.41. The second-order valence-electron chi connectivity index (χ2n) is 2.09. The predicted octanol–water partition coefficient (Wildman–Crippen LogP) is 2.73. The minimum Gasteiger partial charge on any atom is -0.240 e. The molecule has 0 saturated heterocycles. The highest BCUT2D eigenvalue weighted by Crippen LogP contribution is 2.49. The Labute approximate surface area is 69.5 Å². The van der Waals surface area contributed by atoms with E-state index in [9.17, 15) is 22.0 Å². The third-order valence-electron chi connectivity index (χ3n) is 1.28. The van der Waals surface area contributed by atoms with Crippen LogP contribution < -0.4 is 0 Å². The highest BCUT2D eigenvalue weighted by molar-refractivity contribution is 14.2. The number of rotatable bonds is 0. The molecular formula is C5H4F5I. The quantitative estimate of drug-likeness (QED) is 0.365. The fraction of sp³-hybridized carbons (Fsp3) is 0.800. The molecule has 0 radical (unpaired) electrons. The van der Waals surface area contributed by atoms with E-state index >= 15 is 0 Å². The topological polar surface area (TPSA) is 0 Å². The molecule has 1 aliphatic heterocycles. The third-order valence-corrected chi connectivity index (χ3v) is 3.73. The predicted molar refractivity (Wildman–Crippen MR) is 39.5 cm³/mol. The molecule has 1 unspecified atom stereocenters. The first kappa shape index (κ1) is 9.34. The van der Waals surface area contributed by atoms with Crippen molar-refractivity contribution in [3.05, 3.63) is 0 Å². The Morgan fingerprint density at radius 2 is 1.82 bits per heavy atom. The van der Waals surface area contributed by atoms with E-state index in [1.165, 1.54) is 0 Å². The molecule has 11 heavy (non-hydrogen) atoms. The van der Waals surface area contributed by atoms with E-state index < -0.39 is 43.2 Å². The van der Waals surface area contributed by atoms with Crippen molar-refractivity contribution in [2.75, 3.05) is 0 Å². The normalized spacial score (nSPS) is 34.5. The second-order valence-corrected chi connectivity index (χ2v) is 4.95. The SMILES string of the molecule is FC1CC=IC(F)(F)C1(F)F. The van der Waals surface area contributed by atoms with Gasteiger partial charge in [-0.2, -0.15) is 17.6 Å². The Bertz CT molecular complexity index is 187. The van der Waals surface area contributed by atoms with Crippen LogP contribution in [0.2, 0.25) is 0 Å². The summed E-state index contributed by atoms with van der Waals surface area (Å²) in [6.45, 7) is 0. The molecule has 1 rings (SSSR count). The largest absolute Gasteiger partial charge is 0.356 e. The smallest absolute Gasteiger partial charge is 0.240 e. The van der Waals surface area contributed by atoms with Crippen LogP contribution in [-0.2, 0) is 0 Å². The standard InChI is InChI=1S/C5H4F5I/c6-3-1-2-11-5(9,10)4(3,7)8/h2-3H,1H2. The van der Waals surface area contributed by atoms with Gasteiger partial charge < -0.3 is 0 Å². The molecule has 1 aliphatic rings. The minimum atomic E-state index is -4.45. The molecule has 0 fully saturated rings. The molecule has 0 bridgehead atoms. The van der Waals surface area contributed by atoms with Crippen LogP contribution in [0.15, 0.2) is 0 Å². The molecule has 1 atom stereocenters. The van der Waals surface area contributed by atoms with E-state index in [2.05, 4.69) is 0 Å². The Morgan fingerprint density at radius 3 is 2.18 bits per heavy atom. The first-order valence-corrected chi connectivity index (χ1v) is 5.06. The first-order chi connectivity index (χ1) is 4.88. The van der Waals surface area contributed by atoms with E-state index in [0.29, 0.717) is 0 Å². The molecule has 0 aromatic heterocycles. The lowest BCUT2D eigenvalue weighted by Crippen LogP contribution is -2.46. The van der Waals surface area contributed by atoms with Crippen LogP contribution in [-0.4, -0.2) is 20.0 Å². The minimum absolute atomic E-state index is 0.546. The zero-order valence-electron chi connectivity index (χ0n) is 5.13. The van der Waals surface area contributed by atoms with Gasteiger partial charge in [-0.05, 0) is 24.7 Å². The van der Waals surface area contributed by atoms with E-state index in [1.54, 1.807) is 0 Å². The van der Waals surface area contributed by atoms with Crippen LogP contribution in [0.25, 0.3) is 0 Å². The fourth-order valence-electron chi connectivity index (χ4n) is 0.618. The molecule has 0 aromatic rings. The van der Waals surface area contributed by atoms with Gasteiger partial charge in [-0.1, -0.05) is 0 Å². The zero-order chi connectivity index (χ0) is 8.70. The zero-order valence-corrected chi connectivity index (χ0v) is 7.29. The van der Waals surface area contributed by atoms with Crippen LogP contribution in [0.4, 0.5) is 22.0 Å². The molecule has 0 nitrogen and oxygen atoms in total. The molecule has 0 amide bonds. The van der Waals surface area contributed by atoms with Gasteiger partial charge in [0.25, 0.3) is 0 Å². The average Bonchev–Trinajstić information content (AvgIpc) is 1.84. The van der Waals surface area contributed by atoms with Crippen LogP contribution in [0.1, 0.15) is 6.42 Å². The lowest BCUT2D eigenvalue weighted by Gasteiger charge is -2.28. The summed E-state index contributed by atoms with van der Waals surface area (Å²) in [7, 11) is 0. The van der Waals surface area contributed by atoms with Crippen molar-refractivity contribution in [3.63, 3.8) is 0 Å². The molecule has 0 spiro atoms. The van der Waals surface area contributed by atoms with E-state index in [1.807, 2.05) is 0 Å². The van der Waals surface area contributed by atoms with Crippen LogP contribution in [0, 0.1) is 0 Å². The lowest BCUT2D eigenvalue weighted by atomic mass is 10.2. The average molecular weight is 286 g/mol. The summed E-state index contributed by atoms with van der Waals surface area (Å²) in [4.78, 5) is 0.